The first-order valence-corrected chi connectivity index (χ1v) is 12.6. The lowest BCUT2D eigenvalue weighted by Gasteiger charge is -2.30. The van der Waals surface area contributed by atoms with Crippen LogP contribution in [-0.4, -0.2) is 35.2 Å². The first-order chi connectivity index (χ1) is 16.0. The molecule has 1 aliphatic heterocycles. The van der Waals surface area contributed by atoms with Gasteiger partial charge in [-0.2, -0.15) is 0 Å². The molecule has 1 heterocycles. The largest absolute Gasteiger partial charge is 0.460 e. The molecule has 2 rings (SSSR count). The van der Waals surface area contributed by atoms with Crippen molar-refractivity contribution >= 4 is 11.9 Å². The van der Waals surface area contributed by atoms with Crippen molar-refractivity contribution in [2.24, 2.45) is 23.7 Å². The monoisotopic (exact) mass is 710 g/mol. The van der Waals surface area contributed by atoms with Gasteiger partial charge in [-0.3, -0.25) is 4.79 Å². The molecule has 0 aromatic heterocycles. The number of hydrogen-bond acceptors (Lipinski definition) is 4. The van der Waals surface area contributed by atoms with Crippen LogP contribution in [0.1, 0.15) is 178 Å². The van der Waals surface area contributed by atoms with Crippen LogP contribution < -0.4 is 5.32 Å². The molecule has 1 aliphatic rings. The first kappa shape index (κ1) is 91.2. The molecule has 0 fully saturated rings. The number of rotatable bonds is 4. The number of benzene rings is 1. The highest BCUT2D eigenvalue weighted by Crippen LogP contribution is 2.26. The predicted octanol–water partition coefficient (Wildman–Crippen LogP) is 14.8. The van der Waals surface area contributed by atoms with Crippen LogP contribution in [0.3, 0.4) is 0 Å². The Hall–Kier alpha value is -2.40. The van der Waals surface area contributed by atoms with Crippen LogP contribution in [-0.2, 0) is 20.7 Å². The van der Waals surface area contributed by atoms with Gasteiger partial charge < -0.3 is 15.2 Å². The fourth-order valence-corrected chi connectivity index (χ4v) is 4.75. The average Bonchev–Trinajstić information content (AvgIpc) is 2.80. The molecule has 2 N–H and O–H groups in total. The maximum absolute atomic E-state index is 13.4. The highest BCUT2D eigenvalue weighted by molar-refractivity contribution is 5.86. The molecule has 7 unspecified atom stereocenters. The van der Waals surface area contributed by atoms with Crippen LogP contribution in [0.5, 0.6) is 0 Å². The second-order valence-electron chi connectivity index (χ2n) is 10.2. The lowest BCUT2D eigenvalue weighted by molar-refractivity contribution is -0.157. The summed E-state index contributed by atoms with van der Waals surface area (Å²) in [6.07, 6.45) is 4.87. The number of aliphatic hydroxyl groups excluding tert-OH is 1. The Morgan fingerprint density at radius 3 is 1.63 bits per heavy atom. The zero-order valence-corrected chi connectivity index (χ0v) is 21.9. The van der Waals surface area contributed by atoms with Gasteiger partial charge in [0, 0.05) is 24.2 Å². The Kier molecular flexibility index (Phi) is 81.2. The minimum atomic E-state index is -0.764. The molecule has 49 heavy (non-hydrogen) atoms. The number of carbonyl (C=O) groups is 2. The minimum Gasteiger partial charge on any atom is -0.460 e. The Morgan fingerprint density at radius 2 is 1.20 bits per heavy atom. The molecule has 308 valence electrons. The van der Waals surface area contributed by atoms with Crippen molar-refractivity contribution in [1.29, 1.82) is 0 Å². The van der Waals surface area contributed by atoms with Gasteiger partial charge in [-0.25, -0.2) is 4.79 Å². The van der Waals surface area contributed by atoms with Crippen LogP contribution in [0.25, 0.3) is 0 Å². The van der Waals surface area contributed by atoms with Crippen molar-refractivity contribution < 1.29 is 19.4 Å². The molecule has 1 aromatic rings. The van der Waals surface area contributed by atoms with Gasteiger partial charge in [-0.1, -0.05) is 200 Å². The molecule has 0 saturated heterocycles. The van der Waals surface area contributed by atoms with Crippen LogP contribution in [0.2, 0.25) is 0 Å². The van der Waals surface area contributed by atoms with Gasteiger partial charge >= 0.3 is 5.97 Å². The second kappa shape index (κ2) is 43.6. The number of allylic oxidation sites excluding steroid dienone is 1. The number of ether oxygens (including phenoxy) is 1. The zero-order valence-electron chi connectivity index (χ0n) is 21.9. The summed E-state index contributed by atoms with van der Waals surface area (Å²) in [5.41, 5.74) is 2.88. The van der Waals surface area contributed by atoms with Gasteiger partial charge in [0.25, 0.3) is 0 Å². The summed E-state index contributed by atoms with van der Waals surface area (Å²) in [4.78, 5) is 26.5. The van der Waals surface area contributed by atoms with Gasteiger partial charge in [0.2, 0.25) is 5.91 Å². The number of esters is 1. The fourth-order valence-electron chi connectivity index (χ4n) is 4.75. The average molecular weight is 710 g/mol. The third kappa shape index (κ3) is 28.0. The number of amides is 1. The Balaban J connectivity index is -0.0000000681. The van der Waals surface area contributed by atoms with Crippen molar-refractivity contribution in [3.05, 3.63) is 59.2 Å². The Labute approximate surface area is 316 Å². The standard InChI is InChI=1S/C29H43NO4.15CH4/c1-8-19(3)27-22(6)16-21(5)26(31)20(4)14-18(2)15-23(7)28(32)30-25(29(33)34-27)17-24-12-10-9-11-13-24;;;;;;;;;;;;;;;/h9-14,16,19-20,22-23,25-27,31H,8,15,17H2,1-7H3,(H,30,32);15*1H4/b18-14+,21-16+;;;;;;;;;;;;;;;. The van der Waals surface area contributed by atoms with Crippen LogP contribution >= 0.6 is 0 Å². The van der Waals surface area contributed by atoms with E-state index in [2.05, 4.69) is 19.2 Å². The lowest BCUT2D eigenvalue weighted by Crippen LogP contribution is -2.47. The van der Waals surface area contributed by atoms with Crippen molar-refractivity contribution in [1.82, 2.24) is 5.32 Å². The highest BCUT2D eigenvalue weighted by atomic mass is 16.5. The molecular weight excluding hydrogens is 606 g/mol. The van der Waals surface area contributed by atoms with Crippen LogP contribution in [0, 0.1) is 23.7 Å². The third-order valence-electron chi connectivity index (χ3n) is 6.97. The van der Waals surface area contributed by atoms with Gasteiger partial charge in [0.15, 0.2) is 0 Å². The summed E-state index contributed by atoms with van der Waals surface area (Å²) < 4.78 is 6.10. The smallest absolute Gasteiger partial charge is 0.329 e. The zero-order chi connectivity index (χ0) is 25.4. The molecule has 0 aliphatic carbocycles. The number of nitrogens with one attached hydrogen (secondary N) is 1. The summed E-state index contributed by atoms with van der Waals surface area (Å²) in [5, 5.41) is 13.9. The SMILES string of the molecule is C.C.C.C.C.C.C.C.C.C.C.C.C.C.C.CCC(C)C1OC(=O)C(Cc2ccccc2)NC(=O)C(C)C/C(C)=C/C(C)C(O)/C(C)=C/C1C. The van der Waals surface area contributed by atoms with Crippen molar-refractivity contribution in [3.63, 3.8) is 0 Å². The third-order valence-corrected chi connectivity index (χ3v) is 6.97. The van der Waals surface area contributed by atoms with Crippen LogP contribution in [0.4, 0.5) is 0 Å². The summed E-state index contributed by atoms with van der Waals surface area (Å²) in [6, 6.07) is 8.93. The summed E-state index contributed by atoms with van der Waals surface area (Å²) in [7, 11) is 0. The summed E-state index contributed by atoms with van der Waals surface area (Å²) in [5.74, 6) is -0.929. The normalized spacial score (nSPS) is 23.4. The van der Waals surface area contributed by atoms with E-state index >= 15 is 0 Å². The van der Waals surface area contributed by atoms with Gasteiger partial charge in [0.1, 0.15) is 12.1 Å². The van der Waals surface area contributed by atoms with Gasteiger partial charge in [-0.15, -0.1) is 0 Å². The van der Waals surface area contributed by atoms with Gasteiger partial charge in [0.05, 0.1) is 6.10 Å². The van der Waals surface area contributed by atoms with E-state index in [9.17, 15) is 14.7 Å². The highest BCUT2D eigenvalue weighted by Gasteiger charge is 2.32. The Morgan fingerprint density at radius 1 is 0.755 bits per heavy atom. The fraction of sp³-hybridized carbons (Fsp3) is 0.727. The summed E-state index contributed by atoms with van der Waals surface area (Å²) >= 11 is 0. The predicted molar refractivity (Wildman–Crippen MR) is 238 cm³/mol. The van der Waals surface area contributed by atoms with Crippen molar-refractivity contribution in [2.45, 2.75) is 197 Å². The second-order valence-corrected chi connectivity index (χ2v) is 10.2. The number of aliphatic hydroxyl groups is 1. The van der Waals surface area contributed by atoms with E-state index < -0.39 is 18.1 Å². The molecule has 7 atom stereocenters. The maximum Gasteiger partial charge on any atom is 0.329 e. The first-order valence-electron chi connectivity index (χ1n) is 12.6. The molecule has 1 aromatic carbocycles. The van der Waals surface area contributed by atoms with E-state index in [0.29, 0.717) is 12.8 Å². The number of cyclic esters (lactones) is 1. The molecule has 5 heteroatoms. The Bertz CT molecular complexity index is 878. The van der Waals surface area contributed by atoms with E-state index in [0.717, 1.165) is 23.1 Å². The molecule has 0 bridgehead atoms. The molecule has 0 radical (unpaired) electrons. The van der Waals surface area contributed by atoms with E-state index in [1.807, 2.05) is 77.1 Å². The topological polar surface area (TPSA) is 75.6 Å². The van der Waals surface area contributed by atoms with E-state index in [1.54, 1.807) is 0 Å². The number of hydrogen-bond donors (Lipinski definition) is 2. The lowest BCUT2D eigenvalue weighted by atomic mass is 9.87. The molecule has 1 amide bonds. The quantitative estimate of drug-likeness (QED) is 0.241. The van der Waals surface area contributed by atoms with Gasteiger partial charge in [-0.05, 0) is 37.3 Å². The number of carbonyl (C=O) groups excluding carboxylic acids is 2. The molecule has 5 nitrogen and oxygen atoms in total. The maximum atomic E-state index is 13.4. The van der Waals surface area contributed by atoms with E-state index in [4.69, 9.17) is 4.74 Å². The molecular formula is C44H103NO4. The van der Waals surface area contributed by atoms with Crippen LogP contribution in [0.15, 0.2) is 53.6 Å². The summed E-state index contributed by atoms with van der Waals surface area (Å²) in [6.45, 7) is 13.9. The van der Waals surface area contributed by atoms with Crippen molar-refractivity contribution in [2.75, 3.05) is 0 Å². The molecule has 0 spiro atoms. The van der Waals surface area contributed by atoms with E-state index in [1.165, 1.54) is 0 Å². The molecule has 0 saturated carbocycles. The minimum absolute atomic E-state index is 0. The van der Waals surface area contributed by atoms with Crippen molar-refractivity contribution in [3.8, 4) is 0 Å². The van der Waals surface area contributed by atoms with E-state index in [-0.39, 0.29) is 147 Å².